The van der Waals surface area contributed by atoms with Crippen molar-refractivity contribution >= 4 is 34.7 Å². The molecule has 1 amide bonds. The summed E-state index contributed by atoms with van der Waals surface area (Å²) in [5.41, 5.74) is 0.698. The van der Waals surface area contributed by atoms with Gasteiger partial charge in [-0.25, -0.2) is 4.98 Å². The summed E-state index contributed by atoms with van der Waals surface area (Å²) in [6, 6.07) is 9.94. The second-order valence-corrected chi connectivity index (χ2v) is 6.36. The van der Waals surface area contributed by atoms with Gasteiger partial charge in [-0.05, 0) is 30.3 Å². The summed E-state index contributed by atoms with van der Waals surface area (Å²) in [5, 5.41) is 14.6. The number of hydrogen-bond donors (Lipinski definition) is 1. The van der Waals surface area contributed by atoms with E-state index in [-0.39, 0.29) is 18.1 Å². The number of pyridine rings is 1. The highest BCUT2D eigenvalue weighted by atomic mass is 35.5. The minimum Gasteiger partial charge on any atom is -0.348 e. The lowest BCUT2D eigenvalue weighted by molar-refractivity contribution is -0.384. The quantitative estimate of drug-likeness (QED) is 0.637. The summed E-state index contributed by atoms with van der Waals surface area (Å²) < 4.78 is 0. The smallest absolute Gasteiger partial charge is 0.311 e. The fraction of sp³-hybridized carbons (Fsp3) is 0.294. The molecule has 1 aromatic heterocycles. The molecule has 0 spiro atoms. The van der Waals surface area contributed by atoms with Gasteiger partial charge in [-0.1, -0.05) is 11.6 Å². The van der Waals surface area contributed by atoms with E-state index in [4.69, 9.17) is 11.6 Å². The molecule has 1 N–H and O–H groups in total. The standard InChI is InChI=1S/C17H18ClN5O3/c18-13-3-5-14(6-4-13)20-16(24)12-21-8-10-22(11-9-21)17-15(23(25)26)2-1-7-19-17/h1-7H,8-12H2,(H,20,24). The maximum Gasteiger partial charge on any atom is 0.311 e. The molecule has 2 heterocycles. The van der Waals surface area contributed by atoms with Crippen LogP contribution in [0.25, 0.3) is 0 Å². The Kier molecular flexibility index (Phi) is 5.65. The molecule has 1 aliphatic heterocycles. The molecule has 26 heavy (non-hydrogen) atoms. The van der Waals surface area contributed by atoms with Gasteiger partial charge in [0.25, 0.3) is 0 Å². The Morgan fingerprint density at radius 1 is 1.19 bits per heavy atom. The van der Waals surface area contributed by atoms with E-state index in [1.165, 1.54) is 6.07 Å². The molecule has 1 aliphatic rings. The number of nitrogens with one attached hydrogen (secondary N) is 1. The second kappa shape index (κ2) is 8.11. The molecular weight excluding hydrogens is 358 g/mol. The van der Waals surface area contributed by atoms with Gasteiger partial charge in [0.1, 0.15) is 0 Å². The fourth-order valence-corrected chi connectivity index (χ4v) is 2.96. The molecule has 0 aliphatic carbocycles. The number of carbonyl (C=O) groups excluding carboxylic acids is 1. The van der Waals surface area contributed by atoms with E-state index in [1.807, 2.05) is 9.80 Å². The van der Waals surface area contributed by atoms with Crippen LogP contribution in [0.1, 0.15) is 0 Å². The van der Waals surface area contributed by atoms with E-state index >= 15 is 0 Å². The van der Waals surface area contributed by atoms with Crippen molar-refractivity contribution in [3.63, 3.8) is 0 Å². The van der Waals surface area contributed by atoms with Crippen LogP contribution >= 0.6 is 11.6 Å². The highest BCUT2D eigenvalue weighted by Crippen LogP contribution is 2.25. The number of carbonyl (C=O) groups is 1. The zero-order valence-corrected chi connectivity index (χ0v) is 14.7. The Hall–Kier alpha value is -2.71. The van der Waals surface area contributed by atoms with Crippen molar-refractivity contribution < 1.29 is 9.72 Å². The minimum absolute atomic E-state index is 0.00133. The number of amides is 1. The first-order chi connectivity index (χ1) is 12.5. The van der Waals surface area contributed by atoms with Gasteiger partial charge in [-0.2, -0.15) is 0 Å². The van der Waals surface area contributed by atoms with Crippen LogP contribution in [-0.4, -0.2) is 53.4 Å². The Morgan fingerprint density at radius 3 is 2.54 bits per heavy atom. The summed E-state index contributed by atoms with van der Waals surface area (Å²) in [6.45, 7) is 2.67. The number of nitro groups is 1. The topological polar surface area (TPSA) is 91.6 Å². The summed E-state index contributed by atoms with van der Waals surface area (Å²) in [7, 11) is 0. The van der Waals surface area contributed by atoms with Crippen LogP contribution < -0.4 is 10.2 Å². The average molecular weight is 376 g/mol. The predicted octanol–water partition coefficient (Wildman–Crippen LogP) is 2.40. The lowest BCUT2D eigenvalue weighted by Crippen LogP contribution is -2.49. The largest absolute Gasteiger partial charge is 0.348 e. The van der Waals surface area contributed by atoms with Crippen molar-refractivity contribution in [1.29, 1.82) is 0 Å². The number of anilines is 2. The van der Waals surface area contributed by atoms with E-state index in [0.29, 0.717) is 42.7 Å². The number of aromatic nitrogens is 1. The molecule has 1 aromatic carbocycles. The van der Waals surface area contributed by atoms with Crippen LogP contribution in [0, 0.1) is 10.1 Å². The number of nitrogens with zero attached hydrogens (tertiary/aromatic N) is 4. The number of hydrogen-bond acceptors (Lipinski definition) is 6. The van der Waals surface area contributed by atoms with Crippen molar-refractivity contribution in [3.8, 4) is 0 Å². The van der Waals surface area contributed by atoms with Gasteiger partial charge in [0.2, 0.25) is 11.7 Å². The molecule has 8 nitrogen and oxygen atoms in total. The summed E-state index contributed by atoms with van der Waals surface area (Å²) in [4.78, 5) is 30.9. The van der Waals surface area contributed by atoms with E-state index in [2.05, 4.69) is 10.3 Å². The average Bonchev–Trinajstić information content (AvgIpc) is 2.64. The third-order valence-corrected chi connectivity index (χ3v) is 4.38. The fourth-order valence-electron chi connectivity index (χ4n) is 2.83. The highest BCUT2D eigenvalue weighted by molar-refractivity contribution is 6.30. The summed E-state index contributed by atoms with van der Waals surface area (Å²) >= 11 is 5.83. The molecule has 3 rings (SSSR count). The minimum atomic E-state index is -0.422. The third kappa shape index (κ3) is 4.47. The number of benzene rings is 1. The van der Waals surface area contributed by atoms with Crippen LogP contribution in [0.3, 0.4) is 0 Å². The lowest BCUT2D eigenvalue weighted by atomic mass is 10.2. The van der Waals surface area contributed by atoms with E-state index in [0.717, 1.165) is 0 Å². The van der Waals surface area contributed by atoms with Crippen LogP contribution in [-0.2, 0) is 4.79 Å². The van der Waals surface area contributed by atoms with Gasteiger partial charge >= 0.3 is 5.69 Å². The van der Waals surface area contributed by atoms with Crippen LogP contribution in [0.5, 0.6) is 0 Å². The molecule has 0 atom stereocenters. The van der Waals surface area contributed by atoms with Crippen LogP contribution in [0.2, 0.25) is 5.02 Å². The highest BCUT2D eigenvalue weighted by Gasteiger charge is 2.25. The Balaban J connectivity index is 1.53. The Bertz CT molecular complexity index is 791. The first kappa shape index (κ1) is 18.1. The van der Waals surface area contributed by atoms with Gasteiger partial charge in [-0.15, -0.1) is 0 Å². The number of rotatable bonds is 5. The van der Waals surface area contributed by atoms with Crippen LogP contribution in [0.15, 0.2) is 42.6 Å². The van der Waals surface area contributed by atoms with Crippen molar-refractivity contribution in [2.45, 2.75) is 0 Å². The Morgan fingerprint density at radius 2 is 1.88 bits per heavy atom. The molecule has 1 saturated heterocycles. The maximum atomic E-state index is 12.2. The maximum absolute atomic E-state index is 12.2. The predicted molar refractivity (Wildman–Crippen MR) is 99.6 cm³/mol. The van der Waals surface area contributed by atoms with Gasteiger partial charge in [0, 0.05) is 49.2 Å². The van der Waals surface area contributed by atoms with Gasteiger partial charge in [0.05, 0.1) is 11.5 Å². The van der Waals surface area contributed by atoms with Crippen molar-refractivity contribution in [3.05, 3.63) is 57.7 Å². The molecule has 0 radical (unpaired) electrons. The summed E-state index contributed by atoms with van der Waals surface area (Å²) in [6.07, 6.45) is 1.55. The number of halogens is 1. The molecule has 136 valence electrons. The zero-order valence-electron chi connectivity index (χ0n) is 14.0. The first-order valence-corrected chi connectivity index (χ1v) is 8.53. The molecule has 1 fully saturated rings. The second-order valence-electron chi connectivity index (χ2n) is 5.92. The van der Waals surface area contributed by atoms with Crippen molar-refractivity contribution in [1.82, 2.24) is 9.88 Å². The van der Waals surface area contributed by atoms with Crippen molar-refractivity contribution in [2.75, 3.05) is 42.9 Å². The van der Waals surface area contributed by atoms with Crippen LogP contribution in [0.4, 0.5) is 17.2 Å². The zero-order chi connectivity index (χ0) is 18.5. The monoisotopic (exact) mass is 375 g/mol. The SMILES string of the molecule is O=C(CN1CCN(c2ncccc2[N+](=O)[O-])CC1)Nc1ccc(Cl)cc1. The van der Waals surface area contributed by atoms with E-state index in [9.17, 15) is 14.9 Å². The Labute approximate surface area is 155 Å². The van der Waals surface area contributed by atoms with Gasteiger partial charge in [0.15, 0.2) is 0 Å². The molecule has 0 unspecified atom stereocenters. The third-order valence-electron chi connectivity index (χ3n) is 4.13. The molecule has 9 heteroatoms. The van der Waals surface area contributed by atoms with Crippen molar-refractivity contribution in [2.24, 2.45) is 0 Å². The molecular formula is C17H18ClN5O3. The first-order valence-electron chi connectivity index (χ1n) is 8.15. The normalized spacial score (nSPS) is 14.9. The lowest BCUT2D eigenvalue weighted by Gasteiger charge is -2.34. The van der Waals surface area contributed by atoms with Gasteiger partial charge < -0.3 is 10.2 Å². The molecule has 2 aromatic rings. The van der Waals surface area contributed by atoms with E-state index in [1.54, 1.807) is 36.5 Å². The van der Waals surface area contributed by atoms with Gasteiger partial charge in [-0.3, -0.25) is 19.8 Å². The summed E-state index contributed by atoms with van der Waals surface area (Å²) in [5.74, 6) is 0.271. The van der Waals surface area contributed by atoms with E-state index < -0.39 is 4.92 Å². The molecule has 0 bridgehead atoms. The number of piperazine rings is 1. The molecule has 0 saturated carbocycles.